The summed E-state index contributed by atoms with van der Waals surface area (Å²) in [5.41, 5.74) is 3.48. The van der Waals surface area contributed by atoms with Gasteiger partial charge in [0.1, 0.15) is 0 Å². The Morgan fingerprint density at radius 2 is 1.30 bits per heavy atom. The monoisotopic (exact) mass is 582 g/mol. The van der Waals surface area contributed by atoms with E-state index < -0.39 is 28.1 Å². The largest absolute Gasteiger partial charge is 1.00 e. The Labute approximate surface area is 189 Å². The fraction of sp³-hybridized carbons (Fsp3) is 0.304. The normalized spacial score (nSPS) is 12.9. The third-order valence-electron chi connectivity index (χ3n) is 4.91. The average molecular weight is 582 g/mol. The molecule has 1 aliphatic rings. The van der Waals surface area contributed by atoms with Gasteiger partial charge in [0.15, 0.2) is 0 Å². The molecule has 0 fully saturated rings. The van der Waals surface area contributed by atoms with Gasteiger partial charge in [0.2, 0.25) is 0 Å². The summed E-state index contributed by atoms with van der Waals surface area (Å²) in [6.07, 6.45) is 8.99. The first kappa shape index (κ1) is 24.6. The first-order valence-corrected chi connectivity index (χ1v) is 19.4. The van der Waals surface area contributed by atoms with Crippen molar-refractivity contribution in [3.8, 4) is 0 Å². The van der Waals surface area contributed by atoms with Gasteiger partial charge in [-0.05, 0) is 0 Å². The third-order valence-corrected chi connectivity index (χ3v) is 23.5. The molecule has 142 valence electrons. The van der Waals surface area contributed by atoms with Crippen LogP contribution in [0.5, 0.6) is 0 Å². The van der Waals surface area contributed by atoms with E-state index in [1.807, 2.05) is 3.33 Å². The van der Waals surface area contributed by atoms with E-state index in [-0.39, 0.29) is 24.8 Å². The first-order chi connectivity index (χ1) is 12.3. The molecule has 0 aromatic heterocycles. The molecule has 0 bridgehead atoms. The number of allylic oxidation sites excluding steroid dienone is 4. The quantitative estimate of drug-likeness (QED) is 0.344. The maximum absolute atomic E-state index is 2.57. The van der Waals surface area contributed by atoms with Crippen LogP contribution in [-0.4, -0.2) is 5.98 Å². The second-order valence-electron chi connectivity index (χ2n) is 6.79. The van der Waals surface area contributed by atoms with Crippen molar-refractivity contribution in [3.63, 3.8) is 0 Å². The maximum Gasteiger partial charge on any atom is -1.00 e. The van der Waals surface area contributed by atoms with E-state index in [1.54, 1.807) is 21.5 Å². The molecule has 0 spiro atoms. The van der Waals surface area contributed by atoms with Crippen LogP contribution in [0.4, 0.5) is 0 Å². The zero-order valence-corrected chi connectivity index (χ0v) is 22.5. The van der Waals surface area contributed by atoms with Crippen molar-refractivity contribution in [3.05, 3.63) is 81.2 Å². The number of hydrogen-bond donors (Lipinski definition) is 0. The number of benzene rings is 2. The molecule has 0 radical (unpaired) electrons. The molecule has 2 aromatic rings. The van der Waals surface area contributed by atoms with Crippen LogP contribution in [-0.2, 0) is 22.1 Å². The van der Waals surface area contributed by atoms with E-state index in [4.69, 9.17) is 0 Å². The standard InChI is InChI=1S/C12H11Si.C11H17.2ClH.Hf/c1-3-7-11(8-4-1)13-12-9-5-2-6-10-12;1-3-6-10-8-5-9-11(10)7-4-2;;;/h1-10,13H;8H,3-7H2,1-2H3;2*1H;/q;;;;+2/p-2. The van der Waals surface area contributed by atoms with E-state index >= 15 is 0 Å². The van der Waals surface area contributed by atoms with Gasteiger partial charge in [0.05, 0.1) is 0 Å². The van der Waals surface area contributed by atoms with Gasteiger partial charge >= 0.3 is 166 Å². The fourth-order valence-corrected chi connectivity index (χ4v) is 22.3. The van der Waals surface area contributed by atoms with Crippen molar-refractivity contribution in [2.45, 2.75) is 46.0 Å². The molecular weight excluding hydrogens is 554 g/mol. The van der Waals surface area contributed by atoms with Gasteiger partial charge in [-0.25, -0.2) is 0 Å². The maximum atomic E-state index is 2.57. The summed E-state index contributed by atoms with van der Waals surface area (Å²) in [4.78, 5) is 0. The van der Waals surface area contributed by atoms with Crippen LogP contribution in [0.3, 0.4) is 0 Å². The van der Waals surface area contributed by atoms with Crippen molar-refractivity contribution in [2.75, 3.05) is 0 Å². The third kappa shape index (κ3) is 6.56. The molecule has 1 aliphatic carbocycles. The zero-order chi connectivity index (χ0) is 17.5. The van der Waals surface area contributed by atoms with Crippen LogP contribution in [0.25, 0.3) is 0 Å². The van der Waals surface area contributed by atoms with Crippen molar-refractivity contribution < 1.29 is 46.9 Å². The van der Waals surface area contributed by atoms with Gasteiger partial charge in [-0.15, -0.1) is 0 Å². The van der Waals surface area contributed by atoms with Gasteiger partial charge < -0.3 is 24.8 Å². The Morgan fingerprint density at radius 3 is 1.78 bits per heavy atom. The minimum atomic E-state index is -1.01. The SMILES string of the molecule is CCCC1=CC[C]([Hf+2][SiH](c2ccccc2)c2ccccc2)=C1CCC.[Cl-].[Cl-]. The van der Waals surface area contributed by atoms with Crippen molar-refractivity contribution >= 4 is 16.4 Å². The molecule has 0 aliphatic heterocycles. The van der Waals surface area contributed by atoms with Gasteiger partial charge in [-0.1, -0.05) is 0 Å². The Kier molecular flexibility index (Phi) is 11.8. The fourth-order valence-electron chi connectivity index (χ4n) is 3.72. The summed E-state index contributed by atoms with van der Waals surface area (Å²) in [7, 11) is 0. The summed E-state index contributed by atoms with van der Waals surface area (Å²) in [6.45, 7) is 4.65. The molecule has 0 heterocycles. The Hall–Kier alpha value is -0.413. The molecule has 0 N–H and O–H groups in total. The van der Waals surface area contributed by atoms with E-state index in [1.165, 1.54) is 32.1 Å². The minimum absolute atomic E-state index is 0. The number of hydrogen-bond acceptors (Lipinski definition) is 0. The van der Waals surface area contributed by atoms with Crippen molar-refractivity contribution in [2.24, 2.45) is 0 Å². The Bertz CT molecular complexity index is 702. The number of halogens is 2. The molecule has 0 amide bonds. The summed E-state index contributed by atoms with van der Waals surface area (Å²) in [5.74, 6) is -1.01. The van der Waals surface area contributed by atoms with Gasteiger partial charge in [0.25, 0.3) is 0 Å². The summed E-state index contributed by atoms with van der Waals surface area (Å²) in [5, 5.41) is 3.31. The molecule has 0 atom stereocenters. The van der Waals surface area contributed by atoms with E-state index in [0.717, 1.165) is 0 Å². The molecule has 0 nitrogen and oxygen atoms in total. The first-order valence-electron chi connectivity index (χ1n) is 9.61. The predicted molar refractivity (Wildman–Crippen MR) is 109 cm³/mol. The Morgan fingerprint density at radius 1 is 0.778 bits per heavy atom. The molecular formula is C23H28Cl2HfSi. The van der Waals surface area contributed by atoms with Gasteiger partial charge in [-0.2, -0.15) is 0 Å². The van der Waals surface area contributed by atoms with E-state index in [2.05, 4.69) is 80.6 Å². The van der Waals surface area contributed by atoms with Gasteiger partial charge in [-0.3, -0.25) is 0 Å². The van der Waals surface area contributed by atoms with Crippen molar-refractivity contribution in [1.82, 2.24) is 0 Å². The summed E-state index contributed by atoms with van der Waals surface area (Å²) >= 11 is -0.857. The zero-order valence-electron chi connectivity index (χ0n) is 16.2. The topological polar surface area (TPSA) is 0 Å². The molecule has 0 saturated carbocycles. The van der Waals surface area contributed by atoms with Crippen LogP contribution < -0.4 is 35.2 Å². The molecule has 2 aromatic carbocycles. The van der Waals surface area contributed by atoms with Crippen LogP contribution in [0.2, 0.25) is 0 Å². The second kappa shape index (κ2) is 12.9. The van der Waals surface area contributed by atoms with Crippen molar-refractivity contribution in [1.29, 1.82) is 0 Å². The summed E-state index contributed by atoms with van der Waals surface area (Å²) in [6, 6.07) is 22.8. The Balaban J connectivity index is 0.00000182. The van der Waals surface area contributed by atoms with Crippen LogP contribution >= 0.6 is 0 Å². The predicted octanol–water partition coefficient (Wildman–Crippen LogP) is -1.20. The molecule has 4 heteroatoms. The molecule has 0 saturated heterocycles. The van der Waals surface area contributed by atoms with Gasteiger partial charge in [0, 0.05) is 0 Å². The van der Waals surface area contributed by atoms with Crippen LogP contribution in [0.15, 0.2) is 81.2 Å². The number of rotatable bonds is 8. The molecule has 0 unspecified atom stereocenters. The summed E-state index contributed by atoms with van der Waals surface area (Å²) < 4.78 is 1.93. The average Bonchev–Trinajstić information content (AvgIpc) is 3.03. The minimum Gasteiger partial charge on any atom is -1.00 e. The molecule has 27 heavy (non-hydrogen) atoms. The van der Waals surface area contributed by atoms with E-state index in [9.17, 15) is 0 Å². The smallest absolute Gasteiger partial charge is 1.00 e. The molecule has 3 rings (SSSR count). The van der Waals surface area contributed by atoms with Crippen LogP contribution in [0.1, 0.15) is 46.0 Å². The second-order valence-corrected chi connectivity index (χ2v) is 20.8. The van der Waals surface area contributed by atoms with Crippen LogP contribution in [0, 0.1) is 0 Å². The van der Waals surface area contributed by atoms with E-state index in [0.29, 0.717) is 0 Å².